The maximum atomic E-state index is 10.9. The third-order valence-electron chi connectivity index (χ3n) is 3.42. The first-order valence-corrected chi connectivity index (χ1v) is 6.55. The number of amides is 1. The number of hydrogen-bond donors (Lipinski definition) is 2. The van der Waals surface area contributed by atoms with Crippen molar-refractivity contribution in [2.24, 2.45) is 5.73 Å². The van der Waals surface area contributed by atoms with Crippen LogP contribution in [0.25, 0.3) is 5.57 Å². The van der Waals surface area contributed by atoms with Crippen molar-refractivity contribution in [1.82, 2.24) is 4.90 Å². The summed E-state index contributed by atoms with van der Waals surface area (Å²) in [5, 5.41) is 8.76. The zero-order chi connectivity index (χ0) is 14.5. The van der Waals surface area contributed by atoms with Gasteiger partial charge in [-0.3, -0.25) is 9.69 Å². The van der Waals surface area contributed by atoms with Crippen molar-refractivity contribution in [2.75, 3.05) is 25.4 Å². The Labute approximate surface area is 118 Å². The summed E-state index contributed by atoms with van der Waals surface area (Å²) < 4.78 is 0. The van der Waals surface area contributed by atoms with Crippen molar-refractivity contribution in [3.8, 4) is 6.07 Å². The van der Waals surface area contributed by atoms with E-state index in [-0.39, 0.29) is 12.5 Å². The molecule has 20 heavy (non-hydrogen) atoms. The molecular weight excluding hydrogens is 252 g/mol. The molecule has 0 bridgehead atoms. The molecule has 0 radical (unpaired) electrons. The smallest absolute Gasteiger partial charge is 0.231 e. The lowest BCUT2D eigenvalue weighted by molar-refractivity contribution is -0.119. The number of primary amides is 1. The number of hydrogen-bond acceptors (Lipinski definition) is 4. The summed E-state index contributed by atoms with van der Waals surface area (Å²) >= 11 is 0. The van der Waals surface area contributed by atoms with Crippen molar-refractivity contribution in [3.63, 3.8) is 0 Å². The standard InChI is InChI=1S/C15H18N4O/c16-6-3-11-1-2-14(17)13(9-11)12-4-7-19(8-5-12)10-15(18)20/h1-2,4,9H,3,5,7-8,10,17H2,(H2,18,20). The number of nitrogens with zero attached hydrogens (tertiary/aromatic N) is 2. The maximum absolute atomic E-state index is 10.9. The number of carbonyl (C=O) groups is 1. The van der Waals surface area contributed by atoms with Gasteiger partial charge in [-0.1, -0.05) is 12.1 Å². The van der Waals surface area contributed by atoms with Gasteiger partial charge in [0.2, 0.25) is 5.91 Å². The Balaban J connectivity index is 2.16. The Hall–Kier alpha value is -2.32. The molecule has 1 aromatic rings. The molecule has 0 fully saturated rings. The van der Waals surface area contributed by atoms with Crippen LogP contribution in [0.3, 0.4) is 0 Å². The van der Waals surface area contributed by atoms with Gasteiger partial charge in [-0.2, -0.15) is 5.26 Å². The van der Waals surface area contributed by atoms with E-state index < -0.39 is 0 Å². The Morgan fingerprint density at radius 1 is 1.45 bits per heavy atom. The first-order valence-electron chi connectivity index (χ1n) is 6.55. The number of rotatable bonds is 4. The minimum atomic E-state index is -0.308. The fourth-order valence-corrected chi connectivity index (χ4v) is 2.40. The SMILES string of the molecule is N#CCc1ccc(N)c(C2=CCN(CC(N)=O)CC2)c1. The van der Waals surface area contributed by atoms with Crippen LogP contribution in [0.5, 0.6) is 0 Å². The average molecular weight is 270 g/mol. The summed E-state index contributed by atoms with van der Waals surface area (Å²) in [6.07, 6.45) is 3.29. The van der Waals surface area contributed by atoms with Crippen LogP contribution in [0.2, 0.25) is 0 Å². The van der Waals surface area contributed by atoms with Crippen LogP contribution in [0.15, 0.2) is 24.3 Å². The summed E-state index contributed by atoms with van der Waals surface area (Å²) in [4.78, 5) is 12.9. The second-order valence-corrected chi connectivity index (χ2v) is 4.94. The first-order chi connectivity index (χ1) is 9.60. The van der Waals surface area contributed by atoms with Crippen molar-refractivity contribution < 1.29 is 4.79 Å². The van der Waals surface area contributed by atoms with E-state index in [9.17, 15) is 4.79 Å². The predicted octanol–water partition coefficient (Wildman–Crippen LogP) is 0.909. The van der Waals surface area contributed by atoms with Crippen molar-refractivity contribution in [2.45, 2.75) is 12.8 Å². The molecule has 0 spiro atoms. The second kappa shape index (κ2) is 6.22. The van der Waals surface area contributed by atoms with Crippen LogP contribution in [-0.4, -0.2) is 30.4 Å². The van der Waals surface area contributed by atoms with Gasteiger partial charge in [0.1, 0.15) is 0 Å². The molecule has 0 saturated heterocycles. The molecule has 0 atom stereocenters. The Morgan fingerprint density at radius 3 is 2.85 bits per heavy atom. The average Bonchev–Trinajstić information content (AvgIpc) is 2.42. The van der Waals surface area contributed by atoms with E-state index in [1.807, 2.05) is 23.1 Å². The second-order valence-electron chi connectivity index (χ2n) is 4.94. The molecular formula is C15H18N4O. The third-order valence-corrected chi connectivity index (χ3v) is 3.42. The zero-order valence-electron chi connectivity index (χ0n) is 11.3. The monoisotopic (exact) mass is 270 g/mol. The van der Waals surface area contributed by atoms with Crippen molar-refractivity contribution in [1.29, 1.82) is 5.26 Å². The first kappa shape index (κ1) is 14.1. The number of nitrogens with two attached hydrogens (primary N) is 2. The third kappa shape index (κ3) is 3.37. The minimum Gasteiger partial charge on any atom is -0.398 e. The van der Waals surface area contributed by atoms with Gasteiger partial charge in [0.05, 0.1) is 19.0 Å². The lowest BCUT2D eigenvalue weighted by Crippen LogP contribution is -2.36. The van der Waals surface area contributed by atoms with Gasteiger partial charge >= 0.3 is 0 Å². The minimum absolute atomic E-state index is 0.285. The van der Waals surface area contributed by atoms with Crippen molar-refractivity contribution in [3.05, 3.63) is 35.4 Å². The normalized spacial score (nSPS) is 15.4. The molecule has 0 aromatic heterocycles. The number of anilines is 1. The van der Waals surface area contributed by atoms with Gasteiger partial charge in [-0.05, 0) is 29.7 Å². The van der Waals surface area contributed by atoms with E-state index in [0.717, 1.165) is 29.8 Å². The van der Waals surface area contributed by atoms with E-state index in [1.165, 1.54) is 5.57 Å². The lowest BCUT2D eigenvalue weighted by atomic mass is 9.95. The number of nitrogen functional groups attached to an aromatic ring is 1. The van der Waals surface area contributed by atoms with Gasteiger partial charge in [-0.25, -0.2) is 0 Å². The largest absolute Gasteiger partial charge is 0.398 e. The van der Waals surface area contributed by atoms with Crippen LogP contribution in [-0.2, 0) is 11.2 Å². The van der Waals surface area contributed by atoms with Crippen LogP contribution >= 0.6 is 0 Å². The molecule has 0 unspecified atom stereocenters. The molecule has 5 heteroatoms. The van der Waals surface area contributed by atoms with E-state index in [0.29, 0.717) is 13.0 Å². The molecule has 0 saturated carbocycles. The fraction of sp³-hybridized carbons (Fsp3) is 0.333. The van der Waals surface area contributed by atoms with Gasteiger partial charge in [0, 0.05) is 24.3 Å². The maximum Gasteiger partial charge on any atom is 0.231 e. The molecule has 4 N–H and O–H groups in total. The summed E-state index contributed by atoms with van der Waals surface area (Å²) in [5.74, 6) is -0.308. The van der Waals surface area contributed by atoms with Crippen LogP contribution in [0.4, 0.5) is 5.69 Å². The van der Waals surface area contributed by atoms with Crippen LogP contribution in [0.1, 0.15) is 17.5 Å². The quantitative estimate of drug-likeness (QED) is 0.795. The molecule has 1 heterocycles. The summed E-state index contributed by atoms with van der Waals surface area (Å²) in [6.45, 7) is 1.77. The van der Waals surface area contributed by atoms with E-state index in [1.54, 1.807) is 0 Å². The topological polar surface area (TPSA) is 96.1 Å². The fourth-order valence-electron chi connectivity index (χ4n) is 2.40. The Morgan fingerprint density at radius 2 is 2.25 bits per heavy atom. The highest BCUT2D eigenvalue weighted by Gasteiger charge is 2.16. The molecule has 1 amide bonds. The number of benzene rings is 1. The molecule has 0 aliphatic carbocycles. The molecule has 1 aromatic carbocycles. The Kier molecular flexibility index (Phi) is 4.38. The molecule has 104 valence electrons. The van der Waals surface area contributed by atoms with E-state index >= 15 is 0 Å². The van der Waals surface area contributed by atoms with Crippen LogP contribution in [0, 0.1) is 11.3 Å². The number of nitriles is 1. The number of carbonyl (C=O) groups excluding carboxylic acids is 1. The highest BCUT2D eigenvalue weighted by molar-refractivity contribution is 5.78. The molecule has 5 nitrogen and oxygen atoms in total. The van der Waals surface area contributed by atoms with Gasteiger partial charge in [0.25, 0.3) is 0 Å². The van der Waals surface area contributed by atoms with Gasteiger partial charge < -0.3 is 11.5 Å². The van der Waals surface area contributed by atoms with E-state index in [2.05, 4.69) is 12.1 Å². The lowest BCUT2D eigenvalue weighted by Gasteiger charge is -2.25. The highest BCUT2D eigenvalue weighted by Crippen LogP contribution is 2.28. The molecule has 2 rings (SSSR count). The summed E-state index contributed by atoms with van der Waals surface area (Å²) in [5.41, 5.74) is 15.1. The van der Waals surface area contributed by atoms with Gasteiger partial charge in [0.15, 0.2) is 0 Å². The molecule has 1 aliphatic rings. The van der Waals surface area contributed by atoms with E-state index in [4.69, 9.17) is 16.7 Å². The highest BCUT2D eigenvalue weighted by atomic mass is 16.1. The molecule has 1 aliphatic heterocycles. The summed E-state index contributed by atoms with van der Waals surface area (Å²) in [7, 11) is 0. The summed E-state index contributed by atoms with van der Waals surface area (Å²) in [6, 6.07) is 7.85. The predicted molar refractivity (Wildman–Crippen MR) is 78.4 cm³/mol. The Bertz CT molecular complexity index is 586. The van der Waals surface area contributed by atoms with Crippen molar-refractivity contribution >= 4 is 17.2 Å². The zero-order valence-corrected chi connectivity index (χ0v) is 11.3. The van der Waals surface area contributed by atoms with Gasteiger partial charge in [-0.15, -0.1) is 0 Å². The van der Waals surface area contributed by atoms with Crippen LogP contribution < -0.4 is 11.5 Å².